The second kappa shape index (κ2) is 12.4. The smallest absolute Gasteiger partial charge is 0.316 e. The van der Waals surface area contributed by atoms with Gasteiger partial charge < -0.3 is 9.47 Å². The normalized spacial score (nSPS) is 11.3. The first-order valence-corrected chi connectivity index (χ1v) is 14.6. The second-order valence-corrected chi connectivity index (χ2v) is 12.4. The summed E-state index contributed by atoms with van der Waals surface area (Å²) in [4.78, 5) is 16.7. The number of anilines is 1. The fourth-order valence-electron chi connectivity index (χ4n) is 3.53. The van der Waals surface area contributed by atoms with E-state index in [2.05, 4.69) is 73.4 Å². The summed E-state index contributed by atoms with van der Waals surface area (Å²) in [6, 6.07) is 14.5. The molecule has 0 spiro atoms. The van der Waals surface area contributed by atoms with Gasteiger partial charge in [0.05, 0.1) is 14.9 Å². The lowest BCUT2D eigenvalue weighted by Gasteiger charge is -2.19. The number of rotatable bonds is 8. The first kappa shape index (κ1) is 29.0. The highest BCUT2D eigenvalue weighted by Crippen LogP contribution is 2.35. The monoisotopic (exact) mass is 621 g/mol. The quantitative estimate of drug-likeness (QED) is 0.191. The first-order chi connectivity index (χ1) is 19.0. The predicted octanol–water partition coefficient (Wildman–Crippen LogP) is 5.91. The average Bonchev–Trinajstić information content (AvgIpc) is 2.92. The summed E-state index contributed by atoms with van der Waals surface area (Å²) in [7, 11) is -3.96. The molecule has 0 aliphatic heterocycles. The van der Waals surface area contributed by atoms with Gasteiger partial charge in [0, 0.05) is 18.8 Å². The summed E-state index contributed by atoms with van der Waals surface area (Å²) in [5.74, 6) is 3.04. The van der Waals surface area contributed by atoms with Gasteiger partial charge in [-0.1, -0.05) is 68.7 Å². The molecule has 0 radical (unpaired) electrons. The van der Waals surface area contributed by atoms with Crippen molar-refractivity contribution in [3.05, 3.63) is 82.9 Å². The number of hydrogen-bond donors (Lipinski definition) is 1. The SMILES string of the molecule is Cc1ccc(-c2c(NS(=O)(=O)c3ccc(C(C)(C)C)cc3)ncnc2OC#CCCOc2ncc(Br)cn2)cc1. The van der Waals surface area contributed by atoms with Crippen LogP contribution in [0.4, 0.5) is 5.82 Å². The molecule has 0 saturated heterocycles. The molecule has 0 bridgehead atoms. The molecule has 40 heavy (non-hydrogen) atoms. The summed E-state index contributed by atoms with van der Waals surface area (Å²) in [5.41, 5.74) is 3.00. The summed E-state index contributed by atoms with van der Waals surface area (Å²) in [5, 5.41) is 0. The van der Waals surface area contributed by atoms with Crippen LogP contribution in [0.3, 0.4) is 0 Å². The van der Waals surface area contributed by atoms with Gasteiger partial charge in [0.15, 0.2) is 5.82 Å². The van der Waals surface area contributed by atoms with Crippen molar-refractivity contribution in [1.29, 1.82) is 0 Å². The molecule has 2 aromatic heterocycles. The Morgan fingerprint density at radius 2 is 1.62 bits per heavy atom. The summed E-state index contributed by atoms with van der Waals surface area (Å²) >= 11 is 3.27. The molecule has 2 aromatic carbocycles. The third kappa shape index (κ3) is 7.55. The zero-order valence-electron chi connectivity index (χ0n) is 22.5. The number of hydrogen-bond acceptors (Lipinski definition) is 8. The highest BCUT2D eigenvalue weighted by atomic mass is 79.9. The number of aryl methyl sites for hydroxylation is 1. The second-order valence-electron chi connectivity index (χ2n) is 9.81. The lowest BCUT2D eigenvalue weighted by molar-refractivity contribution is 0.300. The van der Waals surface area contributed by atoms with Gasteiger partial charge in [0.25, 0.3) is 10.0 Å². The fourth-order valence-corrected chi connectivity index (χ4v) is 4.75. The van der Waals surface area contributed by atoms with Crippen molar-refractivity contribution in [3.63, 3.8) is 0 Å². The number of aromatic nitrogens is 4. The van der Waals surface area contributed by atoms with E-state index < -0.39 is 10.0 Å². The van der Waals surface area contributed by atoms with Crippen molar-refractivity contribution >= 4 is 31.8 Å². The molecule has 2 heterocycles. The van der Waals surface area contributed by atoms with Crippen molar-refractivity contribution in [1.82, 2.24) is 19.9 Å². The van der Waals surface area contributed by atoms with Crippen molar-refractivity contribution in [2.75, 3.05) is 11.3 Å². The summed E-state index contributed by atoms with van der Waals surface area (Å²) in [6.45, 7) is 8.42. The average molecular weight is 623 g/mol. The van der Waals surface area contributed by atoms with Gasteiger partial charge in [-0.15, -0.1) is 0 Å². The number of nitrogens with one attached hydrogen (secondary N) is 1. The predicted molar refractivity (Wildman–Crippen MR) is 156 cm³/mol. The number of sulfonamides is 1. The first-order valence-electron chi connectivity index (χ1n) is 12.3. The molecule has 0 amide bonds. The number of ether oxygens (including phenoxy) is 2. The van der Waals surface area contributed by atoms with Gasteiger partial charge in [-0.25, -0.2) is 28.4 Å². The highest BCUT2D eigenvalue weighted by molar-refractivity contribution is 9.10. The largest absolute Gasteiger partial charge is 0.462 e. The topological polar surface area (TPSA) is 116 Å². The van der Waals surface area contributed by atoms with Crippen LogP contribution in [-0.2, 0) is 15.4 Å². The zero-order valence-corrected chi connectivity index (χ0v) is 24.9. The minimum atomic E-state index is -3.96. The third-order valence-corrected chi connectivity index (χ3v) is 7.45. The Morgan fingerprint density at radius 1 is 0.950 bits per heavy atom. The van der Waals surface area contributed by atoms with E-state index in [0.717, 1.165) is 15.6 Å². The maximum Gasteiger partial charge on any atom is 0.316 e. The fraction of sp³-hybridized carbons (Fsp3) is 0.241. The Balaban J connectivity index is 1.56. The van der Waals surface area contributed by atoms with Crippen molar-refractivity contribution in [3.8, 4) is 35.0 Å². The van der Waals surface area contributed by atoms with E-state index in [-0.39, 0.29) is 34.6 Å². The van der Waals surface area contributed by atoms with Crippen LogP contribution >= 0.6 is 15.9 Å². The van der Waals surface area contributed by atoms with Gasteiger partial charge in [0.2, 0.25) is 5.88 Å². The van der Waals surface area contributed by atoms with Crippen LogP contribution in [0.2, 0.25) is 0 Å². The summed E-state index contributed by atoms with van der Waals surface area (Å²) in [6.07, 6.45) is 7.36. The molecular formula is C29H28BrN5O4S. The Kier molecular flexibility index (Phi) is 9.02. The molecule has 4 rings (SSSR count). The summed E-state index contributed by atoms with van der Waals surface area (Å²) < 4.78 is 41.1. The molecule has 0 aliphatic rings. The standard InChI is InChI=1S/C29H28BrN5O4S/c1-20-7-9-21(10-8-20)25-26(35-40(36,37)24-13-11-22(12-14-24)29(2,3)4)33-19-34-27(25)38-15-5-6-16-39-28-31-17-23(30)18-32-28/h7-14,17-19H,6,16H2,1-4H3,(H,33,34,35). The van der Waals surface area contributed by atoms with Crippen molar-refractivity contribution in [2.45, 2.75) is 44.4 Å². The van der Waals surface area contributed by atoms with E-state index in [1.165, 1.54) is 6.33 Å². The number of nitrogens with zero attached hydrogens (tertiary/aromatic N) is 4. The Bertz CT molecular complexity index is 1630. The molecular weight excluding hydrogens is 594 g/mol. The van der Waals surface area contributed by atoms with Crippen LogP contribution in [-0.4, -0.2) is 35.0 Å². The van der Waals surface area contributed by atoms with Crippen LogP contribution in [0.1, 0.15) is 38.3 Å². The highest BCUT2D eigenvalue weighted by Gasteiger charge is 2.22. The van der Waals surface area contributed by atoms with Crippen LogP contribution < -0.4 is 14.2 Å². The van der Waals surface area contributed by atoms with E-state index in [9.17, 15) is 8.42 Å². The molecule has 206 valence electrons. The Hall–Kier alpha value is -4.01. The minimum Gasteiger partial charge on any atom is -0.462 e. The number of benzene rings is 2. The van der Waals surface area contributed by atoms with Gasteiger partial charge >= 0.3 is 6.01 Å². The number of halogens is 1. The molecule has 9 nitrogen and oxygen atoms in total. The van der Waals surface area contributed by atoms with E-state index in [1.807, 2.05) is 43.3 Å². The maximum absolute atomic E-state index is 13.3. The Morgan fingerprint density at radius 3 is 2.27 bits per heavy atom. The molecule has 1 N–H and O–H groups in total. The van der Waals surface area contributed by atoms with E-state index in [1.54, 1.807) is 24.5 Å². The minimum absolute atomic E-state index is 0.0753. The molecule has 0 saturated carbocycles. The maximum atomic E-state index is 13.3. The molecule has 4 aromatic rings. The van der Waals surface area contributed by atoms with Crippen LogP contribution in [0.25, 0.3) is 11.1 Å². The molecule has 0 atom stereocenters. The van der Waals surface area contributed by atoms with Gasteiger partial charge in [-0.2, -0.15) is 0 Å². The lowest BCUT2D eigenvalue weighted by Crippen LogP contribution is -2.16. The zero-order chi connectivity index (χ0) is 28.8. The van der Waals surface area contributed by atoms with Gasteiger partial charge in [0.1, 0.15) is 19.0 Å². The third-order valence-electron chi connectivity index (χ3n) is 5.69. The van der Waals surface area contributed by atoms with Gasteiger partial charge in [-0.05, 0) is 51.5 Å². The van der Waals surface area contributed by atoms with E-state index in [0.29, 0.717) is 17.5 Å². The van der Waals surface area contributed by atoms with Crippen LogP contribution in [0, 0.1) is 19.0 Å². The molecule has 0 unspecified atom stereocenters. The molecule has 0 fully saturated rings. The lowest BCUT2D eigenvalue weighted by atomic mass is 9.87. The van der Waals surface area contributed by atoms with Crippen LogP contribution in [0.5, 0.6) is 11.9 Å². The molecule has 0 aliphatic carbocycles. The van der Waals surface area contributed by atoms with E-state index >= 15 is 0 Å². The van der Waals surface area contributed by atoms with Crippen molar-refractivity contribution in [2.24, 2.45) is 0 Å². The Labute approximate surface area is 242 Å². The molecule has 11 heteroatoms. The van der Waals surface area contributed by atoms with Crippen LogP contribution in [0.15, 0.2) is 76.6 Å². The van der Waals surface area contributed by atoms with Gasteiger partial charge in [-0.3, -0.25) is 4.72 Å². The van der Waals surface area contributed by atoms with Crippen molar-refractivity contribution < 1.29 is 17.9 Å². The van der Waals surface area contributed by atoms with E-state index in [4.69, 9.17) is 9.47 Å².